The van der Waals surface area contributed by atoms with E-state index in [9.17, 15) is 0 Å². The van der Waals surface area contributed by atoms with Gasteiger partial charge in [-0.05, 0) is 24.1 Å². The number of hydrogen-bond donors (Lipinski definition) is 0. The van der Waals surface area contributed by atoms with Crippen LogP contribution in [0.2, 0.25) is 0 Å². The van der Waals surface area contributed by atoms with E-state index in [1.807, 2.05) is 12.1 Å². The van der Waals surface area contributed by atoms with Gasteiger partial charge in [0.2, 0.25) is 5.75 Å². The highest BCUT2D eigenvalue weighted by molar-refractivity contribution is 6.17. The monoisotopic (exact) mass is 258 g/mol. The van der Waals surface area contributed by atoms with Gasteiger partial charge in [0.05, 0.1) is 20.8 Å². The van der Waals surface area contributed by atoms with Gasteiger partial charge in [0.25, 0.3) is 0 Å². The number of ether oxygens (including phenoxy) is 3. The first-order valence-electron chi connectivity index (χ1n) is 5.70. The van der Waals surface area contributed by atoms with Gasteiger partial charge >= 0.3 is 0 Å². The van der Waals surface area contributed by atoms with E-state index in [0.717, 1.165) is 18.4 Å². The zero-order valence-electron chi connectivity index (χ0n) is 10.6. The molecule has 1 aromatic rings. The van der Waals surface area contributed by atoms with Gasteiger partial charge in [-0.1, -0.05) is 13.3 Å². The predicted octanol–water partition coefficient (Wildman–Crippen LogP) is 3.62. The van der Waals surface area contributed by atoms with E-state index in [1.54, 1.807) is 14.2 Å². The zero-order valence-corrected chi connectivity index (χ0v) is 11.3. The standard InChI is InChI=1S/C13H19ClO3/c1-4-5-6-17-13-11(15-2)7-10(9-14)8-12(13)16-3/h7-8H,4-6,9H2,1-3H3. The van der Waals surface area contributed by atoms with Crippen LogP contribution in [0.4, 0.5) is 0 Å². The van der Waals surface area contributed by atoms with Crippen molar-refractivity contribution >= 4 is 11.6 Å². The lowest BCUT2D eigenvalue weighted by molar-refractivity contribution is 0.269. The molecule has 0 fully saturated rings. The maximum Gasteiger partial charge on any atom is 0.203 e. The van der Waals surface area contributed by atoms with Crippen LogP contribution in [-0.2, 0) is 5.88 Å². The molecule has 0 aliphatic rings. The third kappa shape index (κ3) is 3.70. The first-order valence-corrected chi connectivity index (χ1v) is 6.23. The summed E-state index contributed by atoms with van der Waals surface area (Å²) in [5, 5.41) is 0. The molecule has 17 heavy (non-hydrogen) atoms. The summed E-state index contributed by atoms with van der Waals surface area (Å²) in [6.45, 7) is 2.78. The molecule has 0 spiro atoms. The van der Waals surface area contributed by atoms with Crippen molar-refractivity contribution in [2.45, 2.75) is 25.6 Å². The van der Waals surface area contributed by atoms with Gasteiger partial charge in [-0.3, -0.25) is 0 Å². The average molecular weight is 259 g/mol. The zero-order chi connectivity index (χ0) is 12.7. The second-order valence-corrected chi connectivity index (χ2v) is 3.93. The fourth-order valence-corrected chi connectivity index (χ4v) is 1.63. The number of rotatable bonds is 7. The second-order valence-electron chi connectivity index (χ2n) is 3.67. The highest BCUT2D eigenvalue weighted by Gasteiger charge is 2.13. The van der Waals surface area contributed by atoms with E-state index < -0.39 is 0 Å². The molecule has 0 unspecified atom stereocenters. The minimum absolute atomic E-state index is 0.419. The summed E-state index contributed by atoms with van der Waals surface area (Å²) >= 11 is 5.81. The van der Waals surface area contributed by atoms with Crippen LogP contribution in [0.3, 0.4) is 0 Å². The normalized spacial score (nSPS) is 10.1. The summed E-state index contributed by atoms with van der Waals surface area (Å²) < 4.78 is 16.3. The first-order chi connectivity index (χ1) is 8.26. The largest absolute Gasteiger partial charge is 0.493 e. The molecule has 0 saturated carbocycles. The molecule has 0 amide bonds. The molecule has 0 aliphatic carbocycles. The van der Waals surface area contributed by atoms with Gasteiger partial charge in [0.1, 0.15) is 0 Å². The van der Waals surface area contributed by atoms with Crippen molar-refractivity contribution < 1.29 is 14.2 Å². The number of benzene rings is 1. The Labute approximate surface area is 108 Å². The van der Waals surface area contributed by atoms with Crippen LogP contribution in [0.1, 0.15) is 25.3 Å². The molecule has 0 radical (unpaired) electrons. The van der Waals surface area contributed by atoms with Gasteiger partial charge in [0.15, 0.2) is 11.5 Å². The van der Waals surface area contributed by atoms with Crippen molar-refractivity contribution in [2.24, 2.45) is 0 Å². The Morgan fingerprint density at radius 1 is 1.12 bits per heavy atom. The Hall–Kier alpha value is -1.09. The van der Waals surface area contributed by atoms with Gasteiger partial charge in [-0.15, -0.1) is 11.6 Å². The van der Waals surface area contributed by atoms with E-state index in [1.165, 1.54) is 0 Å². The summed E-state index contributed by atoms with van der Waals surface area (Å²) in [5.74, 6) is 2.40. The summed E-state index contributed by atoms with van der Waals surface area (Å²) in [6.07, 6.45) is 2.09. The van der Waals surface area contributed by atoms with Crippen LogP contribution < -0.4 is 14.2 Å². The van der Waals surface area contributed by atoms with Crippen LogP contribution >= 0.6 is 11.6 Å². The molecular weight excluding hydrogens is 240 g/mol. The maximum absolute atomic E-state index is 5.81. The van der Waals surface area contributed by atoms with Crippen LogP contribution in [0, 0.1) is 0 Å². The lowest BCUT2D eigenvalue weighted by atomic mass is 10.2. The molecule has 1 rings (SSSR count). The van der Waals surface area contributed by atoms with E-state index in [0.29, 0.717) is 29.7 Å². The number of unbranched alkanes of at least 4 members (excludes halogenated alkanes) is 1. The number of methoxy groups -OCH3 is 2. The van der Waals surface area contributed by atoms with Crippen LogP contribution in [0.25, 0.3) is 0 Å². The van der Waals surface area contributed by atoms with Crippen LogP contribution in [0.15, 0.2) is 12.1 Å². The molecule has 0 saturated heterocycles. The number of hydrogen-bond acceptors (Lipinski definition) is 3. The SMILES string of the molecule is CCCCOc1c(OC)cc(CCl)cc1OC. The predicted molar refractivity (Wildman–Crippen MR) is 69.5 cm³/mol. The summed E-state index contributed by atoms with van der Waals surface area (Å²) in [7, 11) is 3.22. The van der Waals surface area contributed by atoms with Crippen LogP contribution in [0.5, 0.6) is 17.2 Å². The Morgan fingerprint density at radius 3 is 2.12 bits per heavy atom. The number of alkyl halides is 1. The van der Waals surface area contributed by atoms with Gasteiger partial charge < -0.3 is 14.2 Å². The molecule has 0 heterocycles. The molecular formula is C13H19ClO3. The maximum atomic E-state index is 5.81. The van der Waals surface area contributed by atoms with E-state index in [2.05, 4.69) is 6.92 Å². The van der Waals surface area contributed by atoms with Crippen molar-refractivity contribution in [2.75, 3.05) is 20.8 Å². The minimum atomic E-state index is 0.419. The van der Waals surface area contributed by atoms with Crippen LogP contribution in [-0.4, -0.2) is 20.8 Å². The highest BCUT2D eigenvalue weighted by Crippen LogP contribution is 2.39. The molecule has 0 N–H and O–H groups in total. The van der Waals surface area contributed by atoms with E-state index >= 15 is 0 Å². The smallest absolute Gasteiger partial charge is 0.203 e. The molecule has 0 atom stereocenters. The van der Waals surface area contributed by atoms with Crippen molar-refractivity contribution in [1.29, 1.82) is 0 Å². The third-order valence-corrected chi connectivity index (χ3v) is 2.73. The fourth-order valence-electron chi connectivity index (χ4n) is 1.47. The summed E-state index contributed by atoms with van der Waals surface area (Å²) in [6, 6.07) is 3.74. The highest BCUT2D eigenvalue weighted by atomic mass is 35.5. The topological polar surface area (TPSA) is 27.7 Å². The molecule has 4 heteroatoms. The second kappa shape index (κ2) is 7.28. The van der Waals surface area contributed by atoms with E-state index in [-0.39, 0.29) is 0 Å². The third-order valence-electron chi connectivity index (χ3n) is 2.42. The van der Waals surface area contributed by atoms with Crippen molar-refractivity contribution in [3.63, 3.8) is 0 Å². The molecule has 3 nitrogen and oxygen atoms in total. The molecule has 0 aliphatic heterocycles. The van der Waals surface area contributed by atoms with E-state index in [4.69, 9.17) is 25.8 Å². The molecule has 1 aromatic carbocycles. The lowest BCUT2D eigenvalue weighted by Gasteiger charge is -2.15. The first kappa shape index (κ1) is 14.0. The number of halogens is 1. The minimum Gasteiger partial charge on any atom is -0.493 e. The Bertz CT molecular complexity index is 328. The Morgan fingerprint density at radius 2 is 1.71 bits per heavy atom. The van der Waals surface area contributed by atoms with Gasteiger partial charge in [-0.25, -0.2) is 0 Å². The van der Waals surface area contributed by atoms with Crippen molar-refractivity contribution in [1.82, 2.24) is 0 Å². The molecule has 0 bridgehead atoms. The van der Waals surface area contributed by atoms with Crippen molar-refractivity contribution in [3.8, 4) is 17.2 Å². The quantitative estimate of drug-likeness (QED) is 0.552. The molecule has 96 valence electrons. The average Bonchev–Trinajstić information content (AvgIpc) is 2.38. The summed E-state index contributed by atoms with van der Waals surface area (Å²) in [4.78, 5) is 0. The molecule has 0 aromatic heterocycles. The summed E-state index contributed by atoms with van der Waals surface area (Å²) in [5.41, 5.74) is 0.947. The van der Waals surface area contributed by atoms with Gasteiger partial charge in [-0.2, -0.15) is 0 Å². The van der Waals surface area contributed by atoms with Crippen molar-refractivity contribution in [3.05, 3.63) is 17.7 Å². The van der Waals surface area contributed by atoms with Gasteiger partial charge in [0, 0.05) is 5.88 Å². The lowest BCUT2D eigenvalue weighted by Crippen LogP contribution is -2.02. The Balaban J connectivity index is 2.98. The fraction of sp³-hybridized carbons (Fsp3) is 0.538. The Kier molecular flexibility index (Phi) is 5.98.